The average molecular weight is 370 g/mol. The number of hydrogen-bond donors (Lipinski definition) is 0. The number of hydrogen-bond acceptors (Lipinski definition) is 5. The van der Waals surface area contributed by atoms with Crippen LogP contribution in [-0.4, -0.2) is 33.9 Å². The minimum absolute atomic E-state index is 0.125. The lowest BCUT2D eigenvalue weighted by atomic mass is 10.1. The van der Waals surface area contributed by atoms with Gasteiger partial charge in [0.15, 0.2) is 0 Å². The topological polar surface area (TPSA) is 80.5 Å². The van der Waals surface area contributed by atoms with Crippen molar-refractivity contribution in [2.45, 2.75) is 24.7 Å². The van der Waals surface area contributed by atoms with Gasteiger partial charge in [-0.05, 0) is 49.8 Å². The Hall–Kier alpha value is -2.67. The number of nitro benzene ring substituents is 1. The number of imide groups is 1. The number of nitro groups is 1. The standard InChI is InChI=1S/C19H18N2O4S/c1-13-12-14(8-9-17(13)21(24)25)26-11-5-4-10-20-18(22)15-6-2-3-7-16(15)19(20)23/h2-3,6-9,12H,4-5,10-11H2,1H3. The van der Waals surface area contributed by atoms with E-state index in [1.54, 1.807) is 49.0 Å². The van der Waals surface area contributed by atoms with E-state index in [9.17, 15) is 19.7 Å². The average Bonchev–Trinajstić information content (AvgIpc) is 2.86. The molecule has 2 aromatic rings. The summed E-state index contributed by atoms with van der Waals surface area (Å²) < 4.78 is 0. The SMILES string of the molecule is Cc1cc(SCCCCN2C(=O)c3ccccc3C2=O)ccc1[N+](=O)[O-]. The Bertz CT molecular complexity index is 847. The molecule has 0 aromatic heterocycles. The number of thioether (sulfide) groups is 1. The molecule has 0 fully saturated rings. The molecule has 2 amide bonds. The first-order valence-electron chi connectivity index (χ1n) is 8.32. The van der Waals surface area contributed by atoms with Gasteiger partial charge in [-0.2, -0.15) is 0 Å². The Morgan fingerprint density at radius 3 is 2.27 bits per heavy atom. The number of benzene rings is 2. The number of fused-ring (bicyclic) bond motifs is 1. The maximum absolute atomic E-state index is 12.3. The van der Waals surface area contributed by atoms with Crippen LogP contribution in [0.4, 0.5) is 5.69 Å². The van der Waals surface area contributed by atoms with Crippen LogP contribution in [0, 0.1) is 17.0 Å². The fourth-order valence-electron chi connectivity index (χ4n) is 2.93. The van der Waals surface area contributed by atoms with Gasteiger partial charge in [0.05, 0.1) is 16.1 Å². The van der Waals surface area contributed by atoms with Crippen LogP contribution in [0.15, 0.2) is 47.4 Å². The number of amides is 2. The second-order valence-corrected chi connectivity index (χ2v) is 7.24. The second-order valence-electron chi connectivity index (χ2n) is 6.07. The molecule has 0 spiro atoms. The second kappa shape index (κ2) is 7.70. The van der Waals surface area contributed by atoms with Gasteiger partial charge >= 0.3 is 0 Å². The van der Waals surface area contributed by atoms with Crippen molar-refractivity contribution in [3.05, 3.63) is 69.3 Å². The summed E-state index contributed by atoms with van der Waals surface area (Å²) in [6.07, 6.45) is 1.57. The fourth-order valence-corrected chi connectivity index (χ4v) is 3.94. The van der Waals surface area contributed by atoms with Crippen LogP contribution in [0.1, 0.15) is 39.1 Å². The molecule has 7 heteroatoms. The lowest BCUT2D eigenvalue weighted by Gasteiger charge is -2.13. The van der Waals surface area contributed by atoms with Crippen molar-refractivity contribution >= 4 is 29.3 Å². The third kappa shape index (κ3) is 3.62. The van der Waals surface area contributed by atoms with E-state index >= 15 is 0 Å². The Morgan fingerprint density at radius 2 is 1.69 bits per heavy atom. The summed E-state index contributed by atoms with van der Waals surface area (Å²) in [5.74, 6) is 0.383. The normalized spacial score (nSPS) is 13.2. The van der Waals surface area contributed by atoms with Gasteiger partial charge in [0.2, 0.25) is 0 Å². The van der Waals surface area contributed by atoms with Crippen LogP contribution < -0.4 is 0 Å². The van der Waals surface area contributed by atoms with Crippen molar-refractivity contribution in [1.82, 2.24) is 4.90 Å². The molecule has 2 aromatic carbocycles. The lowest BCUT2D eigenvalue weighted by Crippen LogP contribution is -2.30. The van der Waals surface area contributed by atoms with E-state index in [0.29, 0.717) is 23.2 Å². The minimum atomic E-state index is -0.383. The number of nitrogens with zero attached hydrogens (tertiary/aromatic N) is 2. The number of carbonyl (C=O) groups is 2. The molecular weight excluding hydrogens is 352 g/mol. The molecule has 3 rings (SSSR count). The monoisotopic (exact) mass is 370 g/mol. The summed E-state index contributed by atoms with van der Waals surface area (Å²) in [6.45, 7) is 2.14. The quantitative estimate of drug-likeness (QED) is 0.241. The Kier molecular flexibility index (Phi) is 5.37. The van der Waals surface area contributed by atoms with E-state index in [4.69, 9.17) is 0 Å². The highest BCUT2D eigenvalue weighted by Gasteiger charge is 2.34. The molecule has 1 aliphatic heterocycles. The van der Waals surface area contributed by atoms with Gasteiger partial charge in [-0.25, -0.2) is 0 Å². The van der Waals surface area contributed by atoms with Crippen LogP contribution in [0.25, 0.3) is 0 Å². The van der Waals surface area contributed by atoms with Gasteiger partial charge in [0.25, 0.3) is 17.5 Å². The van der Waals surface area contributed by atoms with Crippen LogP contribution in [-0.2, 0) is 0 Å². The minimum Gasteiger partial charge on any atom is -0.274 e. The fraction of sp³-hybridized carbons (Fsp3) is 0.263. The maximum Gasteiger partial charge on any atom is 0.272 e. The van der Waals surface area contributed by atoms with E-state index < -0.39 is 0 Å². The predicted octanol–water partition coefficient (Wildman–Crippen LogP) is 4.07. The zero-order valence-electron chi connectivity index (χ0n) is 14.3. The molecule has 0 aliphatic carbocycles. The van der Waals surface area contributed by atoms with Crippen LogP contribution in [0.2, 0.25) is 0 Å². The van der Waals surface area contributed by atoms with Crippen molar-refractivity contribution in [2.24, 2.45) is 0 Å². The summed E-state index contributed by atoms with van der Waals surface area (Å²) in [6, 6.07) is 12.0. The van der Waals surface area contributed by atoms with E-state index in [0.717, 1.165) is 23.5 Å². The van der Waals surface area contributed by atoms with E-state index in [1.165, 1.54) is 11.0 Å². The molecule has 0 atom stereocenters. The van der Waals surface area contributed by atoms with Gasteiger partial charge in [-0.3, -0.25) is 24.6 Å². The summed E-state index contributed by atoms with van der Waals surface area (Å²) in [5.41, 5.74) is 1.73. The number of rotatable bonds is 7. The molecule has 6 nitrogen and oxygen atoms in total. The Balaban J connectivity index is 1.47. The van der Waals surface area contributed by atoms with Crippen molar-refractivity contribution in [1.29, 1.82) is 0 Å². The zero-order chi connectivity index (χ0) is 18.7. The molecule has 0 radical (unpaired) electrons. The highest BCUT2D eigenvalue weighted by molar-refractivity contribution is 7.99. The smallest absolute Gasteiger partial charge is 0.272 e. The van der Waals surface area contributed by atoms with Gasteiger partial charge in [0, 0.05) is 23.1 Å². The maximum atomic E-state index is 12.3. The van der Waals surface area contributed by atoms with Gasteiger partial charge in [0.1, 0.15) is 0 Å². The first-order valence-corrected chi connectivity index (χ1v) is 9.30. The van der Waals surface area contributed by atoms with Crippen molar-refractivity contribution in [3.8, 4) is 0 Å². The van der Waals surface area contributed by atoms with Crippen LogP contribution in [0.3, 0.4) is 0 Å². The first kappa shape index (κ1) is 18.1. The predicted molar refractivity (Wildman–Crippen MR) is 99.6 cm³/mol. The molecule has 0 unspecified atom stereocenters. The molecule has 26 heavy (non-hydrogen) atoms. The molecule has 1 heterocycles. The van der Waals surface area contributed by atoms with Crippen LogP contribution in [0.5, 0.6) is 0 Å². The molecule has 0 N–H and O–H groups in total. The summed E-state index contributed by atoms with van der Waals surface area (Å²) in [4.78, 5) is 37.3. The molecule has 0 saturated heterocycles. The highest BCUT2D eigenvalue weighted by Crippen LogP contribution is 2.27. The van der Waals surface area contributed by atoms with Crippen LogP contribution >= 0.6 is 11.8 Å². The molecule has 0 saturated carbocycles. The first-order chi connectivity index (χ1) is 12.5. The summed E-state index contributed by atoms with van der Waals surface area (Å²) >= 11 is 1.62. The molecular formula is C19H18N2O4S. The Labute approximate surface area is 155 Å². The van der Waals surface area contributed by atoms with Crippen molar-refractivity contribution in [2.75, 3.05) is 12.3 Å². The summed E-state index contributed by atoms with van der Waals surface area (Å²) in [7, 11) is 0. The lowest BCUT2D eigenvalue weighted by molar-refractivity contribution is -0.385. The Morgan fingerprint density at radius 1 is 1.04 bits per heavy atom. The molecule has 134 valence electrons. The van der Waals surface area contributed by atoms with Crippen molar-refractivity contribution < 1.29 is 14.5 Å². The molecule has 1 aliphatic rings. The number of aryl methyl sites for hydroxylation is 1. The van der Waals surface area contributed by atoms with Crippen molar-refractivity contribution in [3.63, 3.8) is 0 Å². The van der Waals surface area contributed by atoms with E-state index in [1.807, 2.05) is 6.07 Å². The molecule has 0 bridgehead atoms. The number of carbonyl (C=O) groups excluding carboxylic acids is 2. The van der Waals surface area contributed by atoms with E-state index in [-0.39, 0.29) is 22.4 Å². The van der Waals surface area contributed by atoms with Gasteiger partial charge in [-0.15, -0.1) is 11.8 Å². The largest absolute Gasteiger partial charge is 0.274 e. The summed E-state index contributed by atoms with van der Waals surface area (Å²) in [5, 5.41) is 10.8. The zero-order valence-corrected chi connectivity index (χ0v) is 15.1. The van der Waals surface area contributed by atoms with Gasteiger partial charge in [-0.1, -0.05) is 12.1 Å². The third-order valence-corrected chi connectivity index (χ3v) is 5.37. The van der Waals surface area contributed by atoms with E-state index in [2.05, 4.69) is 0 Å². The highest BCUT2D eigenvalue weighted by atomic mass is 32.2. The number of unbranched alkanes of at least 4 members (excludes halogenated alkanes) is 1. The van der Waals surface area contributed by atoms with Gasteiger partial charge < -0.3 is 0 Å². The third-order valence-electron chi connectivity index (χ3n) is 4.29.